The van der Waals surface area contributed by atoms with E-state index in [0.29, 0.717) is 25.6 Å². The third kappa shape index (κ3) is 6.20. The van der Waals surface area contributed by atoms with Crippen LogP contribution < -0.4 is 10.6 Å². The summed E-state index contributed by atoms with van der Waals surface area (Å²) in [6.45, 7) is 7.96. The Labute approximate surface area is 111 Å². The molecule has 2 N–H and O–H groups in total. The Morgan fingerprint density at radius 3 is 2.11 bits per heavy atom. The van der Waals surface area contributed by atoms with Gasteiger partial charge >= 0.3 is 0 Å². The van der Waals surface area contributed by atoms with Crippen LogP contribution in [-0.4, -0.2) is 57.7 Å². The number of aliphatic imine (C=N–C) groups is 1. The van der Waals surface area contributed by atoms with Crippen LogP contribution in [0.2, 0.25) is 0 Å². The largest absolute Gasteiger partial charge is 0.356 e. The van der Waals surface area contributed by atoms with Crippen LogP contribution in [0.25, 0.3) is 0 Å². The summed E-state index contributed by atoms with van der Waals surface area (Å²) in [6, 6.07) is 0. The molecule has 108 valence electrons. The van der Waals surface area contributed by atoms with E-state index in [-0.39, 0.29) is 5.75 Å². The topological polar surface area (TPSA) is 73.8 Å². The van der Waals surface area contributed by atoms with Crippen molar-refractivity contribution in [2.24, 2.45) is 4.99 Å². The van der Waals surface area contributed by atoms with Gasteiger partial charge in [0.1, 0.15) is 0 Å². The van der Waals surface area contributed by atoms with Gasteiger partial charge in [-0.05, 0) is 6.42 Å². The maximum Gasteiger partial charge on any atom is 0.215 e. The summed E-state index contributed by atoms with van der Waals surface area (Å²) in [7, 11) is -1.49. The van der Waals surface area contributed by atoms with E-state index in [0.717, 1.165) is 13.0 Å². The van der Waals surface area contributed by atoms with Gasteiger partial charge in [-0.2, -0.15) is 0 Å². The Balaban J connectivity index is 4.17. The highest BCUT2D eigenvalue weighted by molar-refractivity contribution is 7.89. The fraction of sp³-hybridized carbons (Fsp3) is 0.909. The Morgan fingerprint density at radius 2 is 1.67 bits per heavy atom. The second kappa shape index (κ2) is 9.16. The van der Waals surface area contributed by atoms with Gasteiger partial charge in [-0.1, -0.05) is 20.8 Å². The average Bonchev–Trinajstić information content (AvgIpc) is 2.34. The molecule has 0 aromatic heterocycles. The third-order valence-electron chi connectivity index (χ3n) is 2.52. The summed E-state index contributed by atoms with van der Waals surface area (Å²) >= 11 is 0. The summed E-state index contributed by atoms with van der Waals surface area (Å²) < 4.78 is 25.3. The van der Waals surface area contributed by atoms with Crippen LogP contribution in [0.5, 0.6) is 0 Å². The predicted molar refractivity (Wildman–Crippen MR) is 76.4 cm³/mol. The smallest absolute Gasteiger partial charge is 0.215 e. The summed E-state index contributed by atoms with van der Waals surface area (Å²) in [5.41, 5.74) is 0. The van der Waals surface area contributed by atoms with Gasteiger partial charge in [0.15, 0.2) is 5.96 Å². The first-order valence-electron chi connectivity index (χ1n) is 6.44. The van der Waals surface area contributed by atoms with Crippen molar-refractivity contribution in [2.45, 2.75) is 27.2 Å². The Kier molecular flexibility index (Phi) is 8.74. The number of hydrogen-bond acceptors (Lipinski definition) is 3. The molecule has 0 aliphatic heterocycles. The molecule has 0 aliphatic rings. The second-order valence-electron chi connectivity index (χ2n) is 3.83. The van der Waals surface area contributed by atoms with E-state index in [1.807, 2.05) is 13.8 Å². The van der Waals surface area contributed by atoms with Crippen LogP contribution in [0.1, 0.15) is 27.2 Å². The van der Waals surface area contributed by atoms with E-state index in [4.69, 9.17) is 0 Å². The van der Waals surface area contributed by atoms with E-state index in [1.165, 1.54) is 4.31 Å². The molecule has 0 saturated carbocycles. The lowest BCUT2D eigenvalue weighted by atomic mass is 10.5. The highest BCUT2D eigenvalue weighted by atomic mass is 32.2. The molecule has 0 saturated heterocycles. The molecule has 0 aliphatic carbocycles. The molecule has 0 spiro atoms. The lowest BCUT2D eigenvalue weighted by molar-refractivity contribution is 0.445. The molecule has 0 aromatic rings. The molecule has 0 amide bonds. The molecule has 0 fully saturated rings. The van der Waals surface area contributed by atoms with Crippen LogP contribution in [-0.2, 0) is 10.0 Å². The predicted octanol–water partition coefficient (Wildman–Crippen LogP) is 0.233. The van der Waals surface area contributed by atoms with Gasteiger partial charge in [-0.25, -0.2) is 12.7 Å². The zero-order chi connectivity index (χ0) is 14.0. The maximum atomic E-state index is 11.9. The van der Waals surface area contributed by atoms with Crippen molar-refractivity contribution in [3.63, 3.8) is 0 Å². The van der Waals surface area contributed by atoms with Crippen LogP contribution in [0, 0.1) is 0 Å². The van der Waals surface area contributed by atoms with Gasteiger partial charge in [-0.15, -0.1) is 0 Å². The Bertz CT molecular complexity index is 337. The van der Waals surface area contributed by atoms with E-state index in [9.17, 15) is 8.42 Å². The SMILES string of the molecule is CCCNC(=NC)NCCS(=O)(=O)N(CC)CC. The van der Waals surface area contributed by atoms with E-state index in [2.05, 4.69) is 22.5 Å². The molecule has 18 heavy (non-hydrogen) atoms. The zero-order valence-corrected chi connectivity index (χ0v) is 12.7. The van der Waals surface area contributed by atoms with Crippen molar-refractivity contribution in [2.75, 3.05) is 39.0 Å². The molecular weight excluding hydrogens is 252 g/mol. The number of sulfonamides is 1. The number of nitrogens with zero attached hydrogens (tertiary/aromatic N) is 2. The fourth-order valence-corrected chi connectivity index (χ4v) is 2.91. The molecule has 6 nitrogen and oxygen atoms in total. The molecule has 0 aromatic carbocycles. The molecule has 7 heteroatoms. The van der Waals surface area contributed by atoms with Gasteiger partial charge in [0.2, 0.25) is 10.0 Å². The molecule has 0 rings (SSSR count). The van der Waals surface area contributed by atoms with Gasteiger partial charge in [-0.3, -0.25) is 4.99 Å². The number of guanidine groups is 1. The Morgan fingerprint density at radius 1 is 1.11 bits per heavy atom. The van der Waals surface area contributed by atoms with Crippen molar-refractivity contribution in [1.29, 1.82) is 0 Å². The van der Waals surface area contributed by atoms with Crippen LogP contribution >= 0.6 is 0 Å². The first-order chi connectivity index (χ1) is 8.51. The maximum absolute atomic E-state index is 11.9. The van der Waals surface area contributed by atoms with Gasteiger partial charge in [0.25, 0.3) is 0 Å². The highest BCUT2D eigenvalue weighted by Gasteiger charge is 2.17. The molecule has 0 radical (unpaired) electrons. The summed E-state index contributed by atoms with van der Waals surface area (Å²) in [4.78, 5) is 4.02. The van der Waals surface area contributed by atoms with E-state index >= 15 is 0 Å². The van der Waals surface area contributed by atoms with Crippen molar-refractivity contribution in [3.05, 3.63) is 0 Å². The number of nitrogens with one attached hydrogen (secondary N) is 2. The third-order valence-corrected chi connectivity index (χ3v) is 4.54. The van der Waals surface area contributed by atoms with Crippen LogP contribution in [0.15, 0.2) is 4.99 Å². The lowest BCUT2D eigenvalue weighted by Gasteiger charge is -2.19. The van der Waals surface area contributed by atoms with Gasteiger partial charge in [0.05, 0.1) is 5.75 Å². The second-order valence-corrected chi connectivity index (χ2v) is 5.91. The molecule has 0 bridgehead atoms. The van der Waals surface area contributed by atoms with Crippen molar-refractivity contribution < 1.29 is 8.42 Å². The molecule has 0 atom stereocenters. The summed E-state index contributed by atoms with van der Waals surface area (Å²) in [6.07, 6.45) is 0.998. The van der Waals surface area contributed by atoms with Crippen molar-refractivity contribution >= 4 is 16.0 Å². The normalized spacial score (nSPS) is 12.8. The molecule has 0 unspecified atom stereocenters. The van der Waals surface area contributed by atoms with Crippen molar-refractivity contribution in [3.8, 4) is 0 Å². The average molecular weight is 278 g/mol. The minimum Gasteiger partial charge on any atom is -0.356 e. The number of hydrogen-bond donors (Lipinski definition) is 2. The molecule has 0 heterocycles. The van der Waals surface area contributed by atoms with Crippen molar-refractivity contribution in [1.82, 2.24) is 14.9 Å². The first-order valence-corrected chi connectivity index (χ1v) is 8.05. The standard InChI is InChI=1S/C11H26N4O2S/c1-5-8-13-11(12-4)14-9-10-18(16,17)15(6-2)7-3/h5-10H2,1-4H3,(H2,12,13,14). The van der Waals surface area contributed by atoms with Gasteiger partial charge in [0, 0.05) is 33.2 Å². The zero-order valence-electron chi connectivity index (χ0n) is 11.9. The highest BCUT2D eigenvalue weighted by Crippen LogP contribution is 1.99. The van der Waals surface area contributed by atoms with Crippen LogP contribution in [0.3, 0.4) is 0 Å². The summed E-state index contributed by atoms with van der Waals surface area (Å²) in [5, 5.41) is 6.09. The van der Waals surface area contributed by atoms with E-state index < -0.39 is 10.0 Å². The Hall–Kier alpha value is -0.820. The quantitative estimate of drug-likeness (QED) is 0.492. The first kappa shape index (κ1) is 17.2. The lowest BCUT2D eigenvalue weighted by Crippen LogP contribution is -2.42. The summed E-state index contributed by atoms with van der Waals surface area (Å²) in [5.74, 6) is 0.730. The monoisotopic (exact) mass is 278 g/mol. The van der Waals surface area contributed by atoms with Gasteiger partial charge < -0.3 is 10.6 Å². The fourth-order valence-electron chi connectivity index (χ4n) is 1.51. The van der Waals surface area contributed by atoms with E-state index in [1.54, 1.807) is 7.05 Å². The number of rotatable bonds is 8. The molecular formula is C11H26N4O2S. The minimum absolute atomic E-state index is 0.0848. The minimum atomic E-state index is -3.16. The van der Waals surface area contributed by atoms with Crippen LogP contribution in [0.4, 0.5) is 0 Å².